The molecule has 10 nitrogen and oxygen atoms in total. The topological polar surface area (TPSA) is 112 Å². The Bertz CT molecular complexity index is 1550. The van der Waals surface area contributed by atoms with E-state index in [-0.39, 0.29) is 13.1 Å². The van der Waals surface area contributed by atoms with Gasteiger partial charge in [-0.3, -0.25) is 9.59 Å². The second-order valence-electron chi connectivity index (χ2n) is 11.3. The van der Waals surface area contributed by atoms with E-state index < -0.39 is 36.0 Å². The molecule has 1 saturated carbocycles. The first-order valence-electron chi connectivity index (χ1n) is 16.0. The highest BCUT2D eigenvalue weighted by Crippen LogP contribution is 2.37. The number of thiophene rings is 2. The smallest absolute Gasteiger partial charge is 0.417 e. The molecule has 1 fully saturated rings. The predicted octanol–water partition coefficient (Wildman–Crippen LogP) is 8.87. The van der Waals surface area contributed by atoms with Crippen molar-refractivity contribution < 1.29 is 38.1 Å². The van der Waals surface area contributed by atoms with Crippen LogP contribution in [-0.4, -0.2) is 47.0 Å². The summed E-state index contributed by atoms with van der Waals surface area (Å²) in [4.78, 5) is 56.8. The Morgan fingerprint density at radius 3 is 1.35 bits per heavy atom. The lowest BCUT2D eigenvalue weighted by Crippen LogP contribution is -2.44. The standard InChI is InChI=1S/C36H38N2O8S2/c1-3-21-37(23-27-15-19-31(47-27)43-25-11-7-5-8-12-25)35(41)45-33(39)29-17-18-30(29)34(40)46-36(42)38(22-4-2)24-28-16-20-32(48-28)44-26-13-9-6-10-14-26/h5-16,19-20,29-30H,3-4,17-18,21-24H2,1-2H3. The van der Waals surface area contributed by atoms with Crippen molar-refractivity contribution in [3.63, 3.8) is 0 Å². The van der Waals surface area contributed by atoms with Crippen molar-refractivity contribution in [2.45, 2.75) is 52.6 Å². The van der Waals surface area contributed by atoms with Crippen molar-refractivity contribution in [1.82, 2.24) is 9.80 Å². The Morgan fingerprint density at radius 1 is 0.604 bits per heavy atom. The number of para-hydroxylation sites is 2. The lowest BCUT2D eigenvalue weighted by molar-refractivity contribution is -0.161. The zero-order chi connectivity index (χ0) is 33.9. The van der Waals surface area contributed by atoms with Crippen molar-refractivity contribution in [3.05, 3.63) is 94.7 Å². The molecule has 5 rings (SSSR count). The molecule has 2 aromatic heterocycles. The average Bonchev–Trinajstić information content (AvgIpc) is 3.69. The van der Waals surface area contributed by atoms with E-state index in [0.717, 1.165) is 9.75 Å². The van der Waals surface area contributed by atoms with Crippen LogP contribution in [-0.2, 0) is 32.2 Å². The lowest BCUT2D eigenvalue weighted by atomic mass is 9.74. The number of esters is 2. The Balaban J connectivity index is 1.12. The number of hydrogen-bond donors (Lipinski definition) is 0. The maximum absolute atomic E-state index is 13.1. The van der Waals surface area contributed by atoms with E-state index in [1.54, 1.807) is 0 Å². The van der Waals surface area contributed by atoms with E-state index in [0.29, 0.717) is 60.4 Å². The summed E-state index contributed by atoms with van der Waals surface area (Å²) in [5.74, 6) is -1.90. The summed E-state index contributed by atoms with van der Waals surface area (Å²) in [6.07, 6.45) is 0.467. The van der Waals surface area contributed by atoms with Gasteiger partial charge in [0, 0.05) is 22.8 Å². The Morgan fingerprint density at radius 2 is 1.00 bits per heavy atom. The SMILES string of the molecule is CCCN(Cc1ccc(Oc2ccccc2)s1)C(=O)OC(=O)C1CCC1C(=O)OC(=O)N(CCC)Cc1ccc(Oc2ccccc2)s1. The molecule has 4 aromatic rings. The van der Waals surface area contributed by atoms with Gasteiger partial charge < -0.3 is 28.7 Å². The highest BCUT2D eigenvalue weighted by atomic mass is 32.1. The summed E-state index contributed by atoms with van der Waals surface area (Å²) in [5.41, 5.74) is 0. The minimum absolute atomic E-state index is 0.241. The number of rotatable bonds is 14. The summed E-state index contributed by atoms with van der Waals surface area (Å²) in [5, 5.41) is 1.36. The Labute approximate surface area is 287 Å². The van der Waals surface area contributed by atoms with Crippen molar-refractivity contribution in [2.24, 2.45) is 11.8 Å². The van der Waals surface area contributed by atoms with Crippen LogP contribution in [0, 0.1) is 11.8 Å². The third-order valence-electron chi connectivity index (χ3n) is 7.65. The van der Waals surface area contributed by atoms with Gasteiger partial charge in [-0.1, -0.05) is 50.2 Å². The van der Waals surface area contributed by atoms with Gasteiger partial charge in [0.1, 0.15) is 11.5 Å². The van der Waals surface area contributed by atoms with Crippen LogP contribution in [0.3, 0.4) is 0 Å². The number of carbonyl (C=O) groups is 4. The normalized spacial score (nSPS) is 15.1. The molecule has 0 bridgehead atoms. The Hall–Kier alpha value is -4.68. The zero-order valence-corrected chi connectivity index (χ0v) is 28.5. The van der Waals surface area contributed by atoms with Crippen LogP contribution in [0.4, 0.5) is 9.59 Å². The minimum Gasteiger partial charge on any atom is -0.447 e. The van der Waals surface area contributed by atoms with E-state index in [4.69, 9.17) is 18.9 Å². The molecule has 0 spiro atoms. The maximum Gasteiger partial charge on any atom is 0.417 e. The fourth-order valence-corrected chi connectivity index (χ4v) is 6.89. The average molecular weight is 691 g/mol. The molecule has 2 unspecified atom stereocenters. The molecule has 2 aromatic carbocycles. The summed E-state index contributed by atoms with van der Waals surface area (Å²) < 4.78 is 22.2. The van der Waals surface area contributed by atoms with Crippen LogP contribution >= 0.6 is 22.7 Å². The van der Waals surface area contributed by atoms with Gasteiger partial charge in [0.25, 0.3) is 0 Å². The monoisotopic (exact) mass is 690 g/mol. The van der Waals surface area contributed by atoms with E-state index in [1.165, 1.54) is 32.5 Å². The molecule has 12 heteroatoms. The number of hydrogen-bond acceptors (Lipinski definition) is 10. The molecule has 0 saturated heterocycles. The van der Waals surface area contributed by atoms with Gasteiger partial charge in [-0.2, -0.15) is 0 Å². The van der Waals surface area contributed by atoms with Gasteiger partial charge in [-0.05, 0) is 74.2 Å². The minimum atomic E-state index is -0.861. The van der Waals surface area contributed by atoms with Gasteiger partial charge in [0.05, 0.1) is 24.9 Å². The van der Waals surface area contributed by atoms with Crippen LogP contribution < -0.4 is 9.47 Å². The molecule has 0 radical (unpaired) electrons. The van der Waals surface area contributed by atoms with E-state index in [9.17, 15) is 19.2 Å². The molecule has 1 aliphatic carbocycles. The molecule has 0 aliphatic heterocycles. The largest absolute Gasteiger partial charge is 0.447 e. The van der Waals surface area contributed by atoms with Crippen molar-refractivity contribution in [2.75, 3.05) is 13.1 Å². The first-order valence-corrected chi connectivity index (χ1v) is 17.6. The molecule has 2 heterocycles. The van der Waals surface area contributed by atoms with Crippen LogP contribution in [0.5, 0.6) is 21.6 Å². The van der Waals surface area contributed by atoms with Gasteiger partial charge >= 0.3 is 24.1 Å². The summed E-state index contributed by atoms with van der Waals surface area (Å²) >= 11 is 2.80. The summed E-state index contributed by atoms with van der Waals surface area (Å²) in [6, 6.07) is 26.2. The zero-order valence-electron chi connectivity index (χ0n) is 26.9. The molecule has 48 heavy (non-hydrogen) atoms. The van der Waals surface area contributed by atoms with Crippen LogP contribution in [0.25, 0.3) is 0 Å². The van der Waals surface area contributed by atoms with Gasteiger partial charge in [0.2, 0.25) is 0 Å². The molecule has 1 aliphatic rings. The van der Waals surface area contributed by atoms with E-state index in [1.807, 2.05) is 98.8 Å². The van der Waals surface area contributed by atoms with Crippen molar-refractivity contribution in [3.8, 4) is 21.6 Å². The van der Waals surface area contributed by atoms with Crippen molar-refractivity contribution >= 4 is 46.8 Å². The molecule has 2 atom stereocenters. The van der Waals surface area contributed by atoms with Crippen LogP contribution in [0.15, 0.2) is 84.9 Å². The number of ether oxygens (including phenoxy) is 4. The first kappa shape index (κ1) is 34.6. The lowest BCUT2D eigenvalue weighted by Gasteiger charge is -2.33. The predicted molar refractivity (Wildman–Crippen MR) is 182 cm³/mol. The second kappa shape index (κ2) is 16.9. The molecular formula is C36H38N2O8S2. The fourth-order valence-electron chi connectivity index (χ4n) is 5.11. The molecular weight excluding hydrogens is 653 g/mol. The van der Waals surface area contributed by atoms with Crippen LogP contribution in [0.1, 0.15) is 49.3 Å². The number of amides is 2. The van der Waals surface area contributed by atoms with Gasteiger partial charge in [-0.15, -0.1) is 22.7 Å². The number of nitrogens with zero attached hydrogens (tertiary/aromatic N) is 2. The highest BCUT2D eigenvalue weighted by Gasteiger charge is 2.45. The highest BCUT2D eigenvalue weighted by molar-refractivity contribution is 7.14. The van der Waals surface area contributed by atoms with E-state index >= 15 is 0 Å². The molecule has 252 valence electrons. The Kier molecular flexibility index (Phi) is 12.2. The number of benzene rings is 2. The summed E-state index contributed by atoms with van der Waals surface area (Å²) in [6.45, 7) is 5.08. The molecule has 0 N–H and O–H groups in total. The third kappa shape index (κ3) is 9.45. The van der Waals surface area contributed by atoms with Gasteiger partial charge in [0.15, 0.2) is 10.1 Å². The molecule has 2 amide bonds. The second-order valence-corrected chi connectivity index (χ2v) is 13.5. The van der Waals surface area contributed by atoms with E-state index in [2.05, 4.69) is 0 Å². The van der Waals surface area contributed by atoms with Gasteiger partial charge in [-0.25, -0.2) is 9.59 Å². The number of carbonyl (C=O) groups excluding carboxylic acids is 4. The third-order valence-corrected chi connectivity index (χ3v) is 9.55. The van der Waals surface area contributed by atoms with Crippen LogP contribution in [0.2, 0.25) is 0 Å². The first-order chi connectivity index (χ1) is 23.3. The quantitative estimate of drug-likeness (QED) is 0.0953. The fraction of sp³-hybridized carbons (Fsp3) is 0.333. The maximum atomic E-state index is 13.1. The van der Waals surface area contributed by atoms with Crippen molar-refractivity contribution in [1.29, 1.82) is 0 Å². The summed E-state index contributed by atoms with van der Waals surface area (Å²) in [7, 11) is 0.